The molecule has 6 amide bonds. The lowest BCUT2D eigenvalue weighted by molar-refractivity contribution is -0.146. The Labute approximate surface area is 322 Å². The van der Waals surface area contributed by atoms with Gasteiger partial charge in [0.2, 0.25) is 29.5 Å². The second kappa shape index (κ2) is 19.0. The van der Waals surface area contributed by atoms with Crippen LogP contribution in [-0.4, -0.2) is 150 Å². The Morgan fingerprint density at radius 3 is 1.98 bits per heavy atom. The number of aromatic hydroxyl groups is 1. The predicted octanol–water partition coefficient (Wildman–Crippen LogP) is -3.02. The van der Waals surface area contributed by atoms with Crippen LogP contribution in [0.1, 0.15) is 38.3 Å². The molecule has 2 aromatic carbocycles. The summed E-state index contributed by atoms with van der Waals surface area (Å²) in [6.45, 7) is 3.26. The molecule has 0 aliphatic carbocycles. The third kappa shape index (κ3) is 10.7. The molecule has 2 aromatic rings. The van der Waals surface area contributed by atoms with Gasteiger partial charge < -0.3 is 66.9 Å². The molecule has 56 heavy (non-hydrogen) atoms. The first-order valence-electron chi connectivity index (χ1n) is 18.1. The van der Waals surface area contributed by atoms with Crippen molar-refractivity contribution in [3.8, 4) is 5.75 Å². The molecule has 0 aromatic heterocycles. The fourth-order valence-electron chi connectivity index (χ4n) is 6.73. The first kappa shape index (κ1) is 43.4. The number of rotatable bonds is 15. The number of hydrogen-bond donors (Lipinski definition) is 10. The van der Waals surface area contributed by atoms with Gasteiger partial charge in [-0.15, -0.1) is 0 Å². The van der Waals surface area contributed by atoms with Gasteiger partial charge in [-0.1, -0.05) is 49.4 Å². The smallest absolute Gasteiger partial charge is 0.408 e. The van der Waals surface area contributed by atoms with Gasteiger partial charge in [-0.2, -0.15) is 0 Å². The van der Waals surface area contributed by atoms with E-state index in [2.05, 4.69) is 16.0 Å². The van der Waals surface area contributed by atoms with Crippen LogP contribution < -0.4 is 21.7 Å². The number of alkyl carbamates (subject to hydrolysis) is 1. The van der Waals surface area contributed by atoms with Crippen molar-refractivity contribution in [2.24, 2.45) is 11.7 Å². The summed E-state index contributed by atoms with van der Waals surface area (Å²) in [6, 6.07) is 5.96. The Morgan fingerprint density at radius 2 is 1.39 bits per heavy atom. The van der Waals surface area contributed by atoms with E-state index in [1.54, 1.807) is 37.3 Å². The van der Waals surface area contributed by atoms with Gasteiger partial charge in [-0.05, 0) is 37.1 Å². The Balaban J connectivity index is 1.56. The van der Waals surface area contributed by atoms with Crippen LogP contribution in [0.5, 0.6) is 5.75 Å². The molecule has 4 rings (SSSR count). The molecule has 2 saturated heterocycles. The number of carbonyl (C=O) groups excluding carboxylic acids is 6. The van der Waals surface area contributed by atoms with Crippen molar-refractivity contribution in [2.45, 2.75) is 101 Å². The molecular weight excluding hydrogens is 736 g/mol. The fourth-order valence-corrected chi connectivity index (χ4v) is 6.73. The van der Waals surface area contributed by atoms with Gasteiger partial charge in [-0.25, -0.2) is 4.79 Å². The molecule has 0 bridgehead atoms. The molecule has 19 nitrogen and oxygen atoms in total. The van der Waals surface area contributed by atoms with Gasteiger partial charge in [0.05, 0.1) is 30.5 Å². The molecule has 2 aliphatic heterocycles. The van der Waals surface area contributed by atoms with Crippen LogP contribution in [0.2, 0.25) is 0 Å². The van der Waals surface area contributed by atoms with Crippen LogP contribution in [0, 0.1) is 5.92 Å². The minimum absolute atomic E-state index is 0.0845. The van der Waals surface area contributed by atoms with Crippen LogP contribution in [0.4, 0.5) is 4.79 Å². The molecule has 0 spiro atoms. The molecule has 0 radical (unpaired) electrons. The summed E-state index contributed by atoms with van der Waals surface area (Å²) in [4.78, 5) is 81.9. The second-order valence-electron chi connectivity index (χ2n) is 14.3. The van der Waals surface area contributed by atoms with Crippen LogP contribution >= 0.6 is 0 Å². The lowest BCUT2D eigenvalue weighted by Crippen LogP contribution is -2.63. The van der Waals surface area contributed by atoms with E-state index >= 15 is 0 Å². The summed E-state index contributed by atoms with van der Waals surface area (Å²) in [6.07, 6.45) is -9.09. The molecule has 2 unspecified atom stereocenters. The average molecular weight is 787 g/mol. The Bertz CT molecular complexity index is 1710. The highest BCUT2D eigenvalue weighted by Gasteiger charge is 2.48. The summed E-state index contributed by atoms with van der Waals surface area (Å²) in [5.74, 6) is -5.85. The van der Waals surface area contributed by atoms with Gasteiger partial charge in [0.15, 0.2) is 0 Å². The summed E-state index contributed by atoms with van der Waals surface area (Å²) < 4.78 is 5.18. The van der Waals surface area contributed by atoms with Crippen molar-refractivity contribution in [2.75, 3.05) is 13.1 Å². The number of nitrogens with two attached hydrogens (primary N) is 1. The summed E-state index contributed by atoms with van der Waals surface area (Å²) in [5, 5.41) is 70.2. The number of amides is 6. The lowest BCUT2D eigenvalue weighted by Gasteiger charge is -2.33. The number of hydrogen-bond acceptors (Lipinski definition) is 13. The van der Waals surface area contributed by atoms with Gasteiger partial charge >= 0.3 is 6.09 Å². The Morgan fingerprint density at radius 1 is 0.804 bits per heavy atom. The van der Waals surface area contributed by atoms with Gasteiger partial charge in [0.25, 0.3) is 0 Å². The number of phenolic OH excluding ortho intramolecular Hbond substituents is 1. The maximum atomic E-state index is 13.9. The highest BCUT2D eigenvalue weighted by atomic mass is 16.5. The number of likely N-dealkylation sites (tertiary alicyclic amines) is 2. The van der Waals surface area contributed by atoms with E-state index < -0.39 is 109 Å². The maximum absolute atomic E-state index is 13.9. The van der Waals surface area contributed by atoms with E-state index in [0.29, 0.717) is 11.1 Å². The molecule has 2 aliphatic rings. The van der Waals surface area contributed by atoms with E-state index in [1.165, 1.54) is 38.1 Å². The molecule has 11 N–H and O–H groups in total. The number of nitrogens with zero attached hydrogens (tertiary/aromatic N) is 2. The van der Waals surface area contributed by atoms with Crippen LogP contribution in [0.3, 0.4) is 0 Å². The normalized spacial score (nSPS) is 23.9. The van der Waals surface area contributed by atoms with Crippen molar-refractivity contribution < 1.29 is 64.1 Å². The number of primary amides is 1. The van der Waals surface area contributed by atoms with E-state index in [1.807, 2.05) is 0 Å². The molecule has 2 fully saturated rings. The highest BCUT2D eigenvalue weighted by molar-refractivity contribution is 5.97. The Kier molecular flexibility index (Phi) is 14.7. The van der Waals surface area contributed by atoms with E-state index in [9.17, 15) is 59.4 Å². The third-order valence-electron chi connectivity index (χ3n) is 9.79. The molecule has 306 valence electrons. The zero-order chi connectivity index (χ0) is 41.4. The first-order valence-corrected chi connectivity index (χ1v) is 18.1. The van der Waals surface area contributed by atoms with Crippen molar-refractivity contribution in [1.29, 1.82) is 0 Å². The molecule has 0 saturated carbocycles. The standard InChI is InChI=1S/C37H50N6O13/c1-18-15-43(30(31(18)49)32(38)50)36(54)27(19(2)44)39-34(52)29(26(48)13-21-9-11-23(46)12-10-21)40-33(51)25-14-24(47)16-42(25)35(53)28(20(3)45)41-37(55)56-17-22-7-5-4-6-8-22/h4-12,18-20,24-31,44-49H,13-17H2,1-3H3,(H2,38,50)(H,39,52)(H,40,51)(H,41,55)/t18-,19?,20?,24+,25-,26+,27-,28-,29-,30-,31-/m0/s1. The number of aliphatic hydroxyl groups excluding tert-OH is 5. The number of nitrogens with one attached hydrogen (secondary N) is 3. The van der Waals surface area contributed by atoms with Crippen molar-refractivity contribution in [1.82, 2.24) is 25.8 Å². The average Bonchev–Trinajstić information content (AvgIpc) is 3.69. The first-order chi connectivity index (χ1) is 26.4. The number of β-amino-alcohol motifs (C(OH)–C–C–N with tert-alkyl or cyclic N) is 1. The summed E-state index contributed by atoms with van der Waals surface area (Å²) in [5.41, 5.74) is 6.51. The molecule has 19 heteroatoms. The lowest BCUT2D eigenvalue weighted by atomic mass is 9.99. The van der Waals surface area contributed by atoms with Crippen LogP contribution in [0.25, 0.3) is 0 Å². The van der Waals surface area contributed by atoms with Crippen molar-refractivity contribution in [3.05, 3.63) is 65.7 Å². The SMILES string of the molecule is CC(O)[C@H](NC(=O)[C@@H](NC(=O)[C@@H]1C[C@@H](O)CN1C(=O)[C@@H](NC(=O)OCc1ccccc1)C(C)O)[C@H](O)Cc1ccc(O)cc1)C(=O)N1C[C@H](C)[C@H](O)[C@H]1C(N)=O. The topological polar surface area (TPSA) is 302 Å². The van der Waals surface area contributed by atoms with Crippen molar-refractivity contribution in [3.63, 3.8) is 0 Å². The van der Waals surface area contributed by atoms with Gasteiger partial charge in [-0.3, -0.25) is 24.0 Å². The number of benzene rings is 2. The minimum atomic E-state index is -1.88. The number of carbonyl (C=O) groups is 6. The zero-order valence-corrected chi connectivity index (χ0v) is 31.1. The number of ether oxygens (including phenoxy) is 1. The number of phenols is 1. The van der Waals surface area contributed by atoms with Gasteiger partial charge in [0, 0.05) is 31.8 Å². The van der Waals surface area contributed by atoms with E-state index in [-0.39, 0.29) is 31.7 Å². The Hall–Kier alpha value is -5.34. The summed E-state index contributed by atoms with van der Waals surface area (Å²) >= 11 is 0. The van der Waals surface area contributed by atoms with Gasteiger partial charge in [0.1, 0.15) is 42.6 Å². The number of aliphatic hydroxyl groups is 5. The van der Waals surface area contributed by atoms with Crippen LogP contribution in [0.15, 0.2) is 54.6 Å². The fraction of sp³-hybridized carbons (Fsp3) is 0.514. The summed E-state index contributed by atoms with van der Waals surface area (Å²) in [7, 11) is 0. The molecule has 2 heterocycles. The van der Waals surface area contributed by atoms with E-state index in [0.717, 1.165) is 9.80 Å². The zero-order valence-electron chi connectivity index (χ0n) is 31.1. The third-order valence-corrected chi connectivity index (χ3v) is 9.79. The molecular formula is C37H50N6O13. The second-order valence-corrected chi connectivity index (χ2v) is 14.3. The van der Waals surface area contributed by atoms with Crippen molar-refractivity contribution >= 4 is 35.6 Å². The highest BCUT2D eigenvalue weighted by Crippen LogP contribution is 2.25. The maximum Gasteiger partial charge on any atom is 0.408 e. The quantitative estimate of drug-likeness (QED) is 0.0861. The monoisotopic (exact) mass is 786 g/mol. The largest absolute Gasteiger partial charge is 0.508 e. The predicted molar refractivity (Wildman–Crippen MR) is 195 cm³/mol. The van der Waals surface area contributed by atoms with E-state index in [4.69, 9.17) is 10.5 Å². The van der Waals surface area contributed by atoms with Crippen LogP contribution in [-0.2, 0) is 41.7 Å². The minimum Gasteiger partial charge on any atom is -0.508 e. The molecule has 11 atom stereocenters.